The zero-order chi connectivity index (χ0) is 15.4. The summed E-state index contributed by atoms with van der Waals surface area (Å²) in [6.07, 6.45) is 7.17. The predicted molar refractivity (Wildman–Crippen MR) is 82.2 cm³/mol. The second kappa shape index (κ2) is 11.7. The van der Waals surface area contributed by atoms with Crippen LogP contribution in [0, 0.1) is 5.92 Å². The van der Waals surface area contributed by atoms with Gasteiger partial charge in [0.15, 0.2) is 0 Å². The molecule has 0 aliphatic carbocycles. The molecule has 4 N–H and O–H groups in total. The minimum Gasteiger partial charge on any atom is -0.355 e. The van der Waals surface area contributed by atoms with Crippen molar-refractivity contribution in [2.75, 3.05) is 13.1 Å². The smallest absolute Gasteiger partial charge is 0.239 e. The molecule has 0 aromatic carbocycles. The van der Waals surface area contributed by atoms with Crippen molar-refractivity contribution >= 4 is 11.8 Å². The number of nitrogens with one attached hydrogen (secondary N) is 2. The monoisotopic (exact) mass is 285 g/mol. The number of carbonyl (C=O) groups excluding carboxylic acids is 2. The fourth-order valence-electron chi connectivity index (χ4n) is 1.78. The number of unbranched alkanes of at least 4 members (excludes halogenated alkanes) is 5. The quantitative estimate of drug-likeness (QED) is 0.504. The highest BCUT2D eigenvalue weighted by Gasteiger charge is 2.17. The van der Waals surface area contributed by atoms with Gasteiger partial charge in [-0.25, -0.2) is 0 Å². The average molecular weight is 285 g/mol. The van der Waals surface area contributed by atoms with E-state index in [0.29, 0.717) is 6.54 Å². The van der Waals surface area contributed by atoms with Crippen LogP contribution in [0.15, 0.2) is 0 Å². The highest BCUT2D eigenvalue weighted by molar-refractivity contribution is 5.87. The fourth-order valence-corrected chi connectivity index (χ4v) is 1.78. The zero-order valence-electron chi connectivity index (χ0n) is 13.2. The summed E-state index contributed by atoms with van der Waals surface area (Å²) < 4.78 is 0. The van der Waals surface area contributed by atoms with Gasteiger partial charge in [0.25, 0.3) is 0 Å². The summed E-state index contributed by atoms with van der Waals surface area (Å²) in [6.45, 7) is 6.64. The molecule has 0 rings (SSSR count). The van der Waals surface area contributed by atoms with Crippen molar-refractivity contribution in [2.45, 2.75) is 65.3 Å². The van der Waals surface area contributed by atoms with Gasteiger partial charge in [-0.2, -0.15) is 0 Å². The van der Waals surface area contributed by atoms with E-state index < -0.39 is 6.04 Å². The predicted octanol–water partition coefficient (Wildman–Crippen LogP) is 1.56. The first-order chi connectivity index (χ1) is 9.49. The van der Waals surface area contributed by atoms with Gasteiger partial charge in [-0.3, -0.25) is 9.59 Å². The lowest BCUT2D eigenvalue weighted by Gasteiger charge is -2.15. The van der Waals surface area contributed by atoms with E-state index in [-0.39, 0.29) is 24.3 Å². The SMILES string of the molecule is CCCCCCCCNC(=O)CNC(=O)[C@@H](N)C(C)C. The molecule has 0 unspecified atom stereocenters. The first kappa shape index (κ1) is 18.9. The van der Waals surface area contributed by atoms with Gasteiger partial charge in [-0.1, -0.05) is 52.9 Å². The molecule has 0 bridgehead atoms. The Labute approximate surface area is 123 Å². The molecule has 5 heteroatoms. The van der Waals surface area contributed by atoms with E-state index in [1.807, 2.05) is 13.8 Å². The van der Waals surface area contributed by atoms with Gasteiger partial charge in [0.05, 0.1) is 12.6 Å². The summed E-state index contributed by atoms with van der Waals surface area (Å²) in [5.41, 5.74) is 5.68. The summed E-state index contributed by atoms with van der Waals surface area (Å²) in [6, 6.07) is -0.554. The minimum atomic E-state index is -0.554. The van der Waals surface area contributed by atoms with Gasteiger partial charge < -0.3 is 16.4 Å². The summed E-state index contributed by atoms with van der Waals surface area (Å²) in [5.74, 6) is -0.348. The molecule has 1 atom stereocenters. The van der Waals surface area contributed by atoms with Gasteiger partial charge in [-0.15, -0.1) is 0 Å². The Bertz CT molecular complexity index is 280. The maximum absolute atomic E-state index is 11.5. The Kier molecular flexibility index (Phi) is 11.1. The van der Waals surface area contributed by atoms with Crippen LogP contribution in [0.25, 0.3) is 0 Å². The van der Waals surface area contributed by atoms with Crippen molar-refractivity contribution < 1.29 is 9.59 Å². The molecule has 0 aromatic rings. The Balaban J connectivity index is 3.52. The van der Waals surface area contributed by atoms with Gasteiger partial charge in [-0.05, 0) is 12.3 Å². The third-order valence-corrected chi connectivity index (χ3v) is 3.30. The molecule has 0 aliphatic heterocycles. The Morgan fingerprint density at radius 1 is 1.00 bits per heavy atom. The molecule has 0 saturated heterocycles. The largest absolute Gasteiger partial charge is 0.355 e. The van der Waals surface area contributed by atoms with Gasteiger partial charge in [0.2, 0.25) is 11.8 Å². The number of rotatable bonds is 11. The first-order valence-corrected chi connectivity index (χ1v) is 7.79. The Morgan fingerprint density at radius 3 is 2.20 bits per heavy atom. The van der Waals surface area contributed by atoms with Crippen LogP contribution in [-0.2, 0) is 9.59 Å². The van der Waals surface area contributed by atoms with Gasteiger partial charge >= 0.3 is 0 Å². The van der Waals surface area contributed by atoms with Crippen molar-refractivity contribution in [1.82, 2.24) is 10.6 Å². The lowest BCUT2D eigenvalue weighted by Crippen LogP contribution is -2.47. The molecule has 0 fully saturated rings. The molecule has 0 aliphatic rings. The number of hydrogen-bond acceptors (Lipinski definition) is 3. The van der Waals surface area contributed by atoms with Crippen LogP contribution in [0.4, 0.5) is 0 Å². The summed E-state index contributed by atoms with van der Waals surface area (Å²) >= 11 is 0. The molecule has 0 heterocycles. The molecular formula is C15H31N3O2. The topological polar surface area (TPSA) is 84.2 Å². The van der Waals surface area contributed by atoms with E-state index in [4.69, 9.17) is 5.73 Å². The van der Waals surface area contributed by atoms with Crippen LogP contribution in [0.2, 0.25) is 0 Å². The number of carbonyl (C=O) groups is 2. The van der Waals surface area contributed by atoms with Crippen molar-refractivity contribution in [3.63, 3.8) is 0 Å². The van der Waals surface area contributed by atoms with Crippen LogP contribution in [0.5, 0.6) is 0 Å². The molecule has 0 aromatic heterocycles. The zero-order valence-corrected chi connectivity index (χ0v) is 13.2. The van der Waals surface area contributed by atoms with E-state index in [1.54, 1.807) is 0 Å². The van der Waals surface area contributed by atoms with E-state index in [9.17, 15) is 9.59 Å². The summed E-state index contributed by atoms with van der Waals surface area (Å²) in [4.78, 5) is 23.1. The molecule has 0 radical (unpaired) electrons. The van der Waals surface area contributed by atoms with Crippen LogP contribution < -0.4 is 16.4 Å². The van der Waals surface area contributed by atoms with E-state index in [1.165, 1.54) is 25.7 Å². The van der Waals surface area contributed by atoms with Crippen molar-refractivity contribution in [1.29, 1.82) is 0 Å². The number of nitrogens with two attached hydrogens (primary N) is 1. The fraction of sp³-hybridized carbons (Fsp3) is 0.867. The second-order valence-electron chi connectivity index (χ2n) is 5.61. The summed E-state index contributed by atoms with van der Waals surface area (Å²) in [7, 11) is 0. The van der Waals surface area contributed by atoms with E-state index >= 15 is 0 Å². The minimum absolute atomic E-state index is 0.00902. The maximum Gasteiger partial charge on any atom is 0.239 e. The van der Waals surface area contributed by atoms with Crippen LogP contribution in [0.3, 0.4) is 0 Å². The van der Waals surface area contributed by atoms with Gasteiger partial charge in [0, 0.05) is 6.54 Å². The molecule has 0 spiro atoms. The van der Waals surface area contributed by atoms with Crippen LogP contribution in [-0.4, -0.2) is 30.9 Å². The molecular weight excluding hydrogens is 254 g/mol. The molecule has 118 valence electrons. The standard InChI is InChI=1S/C15H31N3O2/c1-4-5-6-7-8-9-10-17-13(19)11-18-15(20)14(16)12(2)3/h12,14H,4-11,16H2,1-3H3,(H,17,19)(H,18,20)/t14-/m0/s1. The van der Waals surface area contributed by atoms with E-state index in [2.05, 4.69) is 17.6 Å². The summed E-state index contributed by atoms with van der Waals surface area (Å²) in [5, 5.41) is 5.36. The normalized spacial score (nSPS) is 12.2. The number of hydrogen-bond donors (Lipinski definition) is 3. The van der Waals surface area contributed by atoms with Crippen molar-refractivity contribution in [2.24, 2.45) is 11.7 Å². The Hall–Kier alpha value is -1.10. The molecule has 2 amide bonds. The molecule has 20 heavy (non-hydrogen) atoms. The Morgan fingerprint density at radius 2 is 1.60 bits per heavy atom. The highest BCUT2D eigenvalue weighted by atomic mass is 16.2. The maximum atomic E-state index is 11.5. The average Bonchev–Trinajstić information content (AvgIpc) is 2.42. The number of amides is 2. The van der Waals surface area contributed by atoms with E-state index in [0.717, 1.165) is 12.8 Å². The lowest BCUT2D eigenvalue weighted by atomic mass is 10.1. The first-order valence-electron chi connectivity index (χ1n) is 7.79. The third-order valence-electron chi connectivity index (χ3n) is 3.30. The second-order valence-corrected chi connectivity index (χ2v) is 5.61. The third kappa shape index (κ3) is 9.78. The highest BCUT2D eigenvalue weighted by Crippen LogP contribution is 2.03. The van der Waals surface area contributed by atoms with Gasteiger partial charge in [0.1, 0.15) is 0 Å². The van der Waals surface area contributed by atoms with Crippen molar-refractivity contribution in [3.8, 4) is 0 Å². The van der Waals surface area contributed by atoms with Crippen molar-refractivity contribution in [3.05, 3.63) is 0 Å². The van der Waals surface area contributed by atoms with Crippen LogP contribution >= 0.6 is 0 Å². The molecule has 0 saturated carbocycles. The molecule has 5 nitrogen and oxygen atoms in total. The van der Waals surface area contributed by atoms with Crippen LogP contribution in [0.1, 0.15) is 59.3 Å². The lowest BCUT2D eigenvalue weighted by molar-refractivity contribution is -0.127.